The zero-order valence-corrected chi connectivity index (χ0v) is 30.3. The largest absolute Gasteiger partial charge is 0.497 e. The first-order chi connectivity index (χ1) is 27.1. The lowest BCUT2D eigenvalue weighted by atomic mass is 10.1. The van der Waals surface area contributed by atoms with Crippen molar-refractivity contribution in [3.63, 3.8) is 0 Å². The topological polar surface area (TPSA) is 64.9 Å². The molecule has 1 heterocycles. The monoisotopic (exact) mass is 710 g/mol. The molecule has 0 bridgehead atoms. The van der Waals surface area contributed by atoms with E-state index in [1.807, 2.05) is 43.3 Å². The first-order valence-electron chi connectivity index (χ1n) is 16.4. The van der Waals surface area contributed by atoms with E-state index in [2.05, 4.69) is 159 Å². The summed E-state index contributed by atoms with van der Waals surface area (Å²) in [5.74, 6) is 52.1. The number of aryl methyl sites for hydroxylation is 1. The van der Waals surface area contributed by atoms with Crippen LogP contribution >= 0.6 is 0 Å². The summed E-state index contributed by atoms with van der Waals surface area (Å²) in [5.41, 5.74) is 6.00. The van der Waals surface area contributed by atoms with Crippen molar-refractivity contribution in [2.45, 2.75) is 33.2 Å². The molecular formula is C49H30N2O4. The smallest absolute Gasteiger partial charge is 0.140 e. The van der Waals surface area contributed by atoms with Crippen LogP contribution < -0.4 is 19.5 Å². The highest BCUT2D eigenvalue weighted by molar-refractivity contribution is 5.84. The van der Waals surface area contributed by atoms with Crippen molar-refractivity contribution in [1.82, 2.24) is 9.88 Å². The number of nitrogens with one attached hydrogen (secondary N) is 1. The Morgan fingerprint density at radius 3 is 1.84 bits per heavy atom. The number of terminal acetylenes is 1. The molecule has 260 valence electrons. The molecule has 0 spiro atoms. The summed E-state index contributed by atoms with van der Waals surface area (Å²) in [5, 5.41) is 14.7. The molecule has 2 N–H and O–H groups in total. The maximum Gasteiger partial charge on any atom is 0.140 e. The van der Waals surface area contributed by atoms with Crippen molar-refractivity contribution >= 4 is 10.9 Å². The maximum absolute atomic E-state index is 9.98. The van der Waals surface area contributed by atoms with Crippen LogP contribution in [0.4, 0.5) is 0 Å². The number of hydrogen-bond donors (Lipinski definition) is 2. The molecule has 4 aromatic rings. The molecule has 0 unspecified atom stereocenters. The van der Waals surface area contributed by atoms with Gasteiger partial charge in [-0.1, -0.05) is 24.3 Å². The summed E-state index contributed by atoms with van der Waals surface area (Å²) in [6, 6.07) is 18.0. The Balaban J connectivity index is 1.34. The number of ether oxygens (including phenoxy) is 3. The van der Waals surface area contributed by atoms with E-state index in [1.165, 1.54) is 0 Å². The molecule has 3 aromatic carbocycles. The molecule has 4 rings (SSSR count). The molecule has 0 atom stereocenters. The summed E-state index contributed by atoms with van der Waals surface area (Å²) in [6.07, 6.45) is 9.75. The summed E-state index contributed by atoms with van der Waals surface area (Å²) < 4.78 is 18.9. The van der Waals surface area contributed by atoms with Crippen LogP contribution in [0.5, 0.6) is 17.2 Å². The predicted molar refractivity (Wildman–Crippen MR) is 215 cm³/mol. The fraction of sp³-hybridized carbons (Fsp3) is 0.143. The summed E-state index contributed by atoms with van der Waals surface area (Å²) >= 11 is 0. The van der Waals surface area contributed by atoms with Crippen LogP contribution in [0, 0.1) is 138 Å². The van der Waals surface area contributed by atoms with Gasteiger partial charge in [0.2, 0.25) is 0 Å². The van der Waals surface area contributed by atoms with E-state index in [9.17, 15) is 5.11 Å². The Bertz CT molecular complexity index is 2760. The molecule has 0 saturated carbocycles. The number of rotatable bonds is 10. The molecule has 6 nitrogen and oxygen atoms in total. The normalized spacial score (nSPS) is 8.35. The van der Waals surface area contributed by atoms with Gasteiger partial charge in [0.25, 0.3) is 0 Å². The highest BCUT2D eigenvalue weighted by Gasteiger charge is 2.14. The van der Waals surface area contributed by atoms with Gasteiger partial charge in [-0.3, -0.25) is 0 Å². The molecule has 0 amide bonds. The summed E-state index contributed by atoms with van der Waals surface area (Å²) in [4.78, 5) is 0. The fourth-order valence-corrected chi connectivity index (χ4v) is 5.08. The van der Waals surface area contributed by atoms with Crippen molar-refractivity contribution in [2.75, 3.05) is 14.2 Å². The second-order valence-electron chi connectivity index (χ2n) is 10.9. The standard InChI is InChI=1S/C49H30N2O4/c1-5-6-7-8-9-10-11-12-13-14-15-16-17-18-19-20-21-22-23-26-29-55-45-31-40(2)30-41(32-45)37-51-38-43(46-27-24-25-28-48(46)51)35-50-36-47-42(39-52)33-44(53-3)34-49(47)54-4/h1,24-25,27-28,30-34,38,50,52H,35-37,39H2,2-4H3. The molecule has 0 aliphatic carbocycles. The zero-order chi connectivity index (χ0) is 38.9. The highest BCUT2D eigenvalue weighted by Crippen LogP contribution is 2.30. The number of aliphatic hydroxyl groups is 1. The van der Waals surface area contributed by atoms with Crippen LogP contribution in [0.25, 0.3) is 10.9 Å². The lowest BCUT2D eigenvalue weighted by molar-refractivity contribution is 0.278. The lowest BCUT2D eigenvalue weighted by Crippen LogP contribution is -2.15. The maximum atomic E-state index is 9.98. The van der Waals surface area contributed by atoms with Gasteiger partial charge >= 0.3 is 0 Å². The molecule has 6 heteroatoms. The highest BCUT2D eigenvalue weighted by atomic mass is 16.5. The van der Waals surface area contributed by atoms with Crippen LogP contribution in [-0.4, -0.2) is 23.9 Å². The van der Waals surface area contributed by atoms with E-state index in [4.69, 9.17) is 20.6 Å². The lowest BCUT2D eigenvalue weighted by Gasteiger charge is -2.15. The van der Waals surface area contributed by atoms with Crippen LogP contribution in [-0.2, 0) is 26.2 Å². The van der Waals surface area contributed by atoms with Gasteiger partial charge < -0.3 is 29.2 Å². The zero-order valence-electron chi connectivity index (χ0n) is 30.3. The molecule has 0 saturated heterocycles. The van der Waals surface area contributed by atoms with Gasteiger partial charge in [-0.15, -0.1) is 6.42 Å². The fourth-order valence-electron chi connectivity index (χ4n) is 5.08. The van der Waals surface area contributed by atoms with Crippen molar-refractivity contribution in [3.8, 4) is 148 Å². The summed E-state index contributed by atoms with van der Waals surface area (Å²) in [7, 11) is 3.20. The van der Waals surface area contributed by atoms with E-state index < -0.39 is 0 Å². The number of hydrogen-bond acceptors (Lipinski definition) is 5. The first kappa shape index (κ1) is 39.5. The third kappa shape index (κ3) is 13.1. The van der Waals surface area contributed by atoms with Gasteiger partial charge in [-0.25, -0.2) is 0 Å². The van der Waals surface area contributed by atoms with Gasteiger partial charge in [0.15, 0.2) is 0 Å². The Kier molecular flexibility index (Phi) is 16.1. The number of benzene rings is 3. The van der Waals surface area contributed by atoms with Crippen molar-refractivity contribution in [1.29, 1.82) is 0 Å². The Morgan fingerprint density at radius 1 is 0.655 bits per heavy atom. The van der Waals surface area contributed by atoms with Crippen LogP contribution in [0.1, 0.15) is 27.8 Å². The van der Waals surface area contributed by atoms with Crippen LogP contribution in [0.2, 0.25) is 0 Å². The molecule has 0 aliphatic rings. The SMILES string of the molecule is C#CC#CC#CC#CC#CC#CC#CC#CC#CC#CC#COc1cc(C)cc(Cn2cc(CNCc3c(CO)cc(OC)cc3OC)c3ccccc32)c1. The van der Waals surface area contributed by atoms with Gasteiger partial charge in [0, 0.05) is 119 Å². The van der Waals surface area contributed by atoms with Crippen molar-refractivity contribution in [3.05, 3.63) is 88.6 Å². The number of aromatic nitrogens is 1. The molecule has 0 fully saturated rings. The molecule has 0 radical (unpaired) electrons. The van der Waals surface area contributed by atoms with Gasteiger partial charge in [-0.05, 0) is 101 Å². The van der Waals surface area contributed by atoms with E-state index in [-0.39, 0.29) is 6.61 Å². The van der Waals surface area contributed by atoms with Crippen LogP contribution in [0.15, 0.2) is 60.8 Å². The van der Waals surface area contributed by atoms with Gasteiger partial charge in [0.05, 0.1) is 20.8 Å². The van der Waals surface area contributed by atoms with Gasteiger partial charge in [0.1, 0.15) is 23.4 Å². The third-order valence-corrected chi connectivity index (χ3v) is 7.27. The average Bonchev–Trinajstić information content (AvgIpc) is 3.54. The third-order valence-electron chi connectivity index (χ3n) is 7.27. The number of para-hydroxylation sites is 1. The predicted octanol–water partition coefficient (Wildman–Crippen LogP) is 4.80. The average molecular weight is 711 g/mol. The Labute approximate surface area is 323 Å². The minimum absolute atomic E-state index is 0.120. The second kappa shape index (κ2) is 22.5. The van der Waals surface area contributed by atoms with Gasteiger partial charge in [-0.2, -0.15) is 0 Å². The molecule has 1 aromatic heterocycles. The molecule has 55 heavy (non-hydrogen) atoms. The minimum atomic E-state index is -0.120. The Morgan fingerprint density at radius 2 is 1.25 bits per heavy atom. The van der Waals surface area contributed by atoms with Crippen molar-refractivity contribution in [2.24, 2.45) is 0 Å². The quantitative estimate of drug-likeness (QED) is 0.232. The number of fused-ring (bicyclic) bond motifs is 1. The minimum Gasteiger partial charge on any atom is -0.497 e. The summed E-state index contributed by atoms with van der Waals surface area (Å²) in [6.45, 7) is 3.65. The van der Waals surface area contributed by atoms with E-state index in [0.717, 1.165) is 38.7 Å². The second-order valence-corrected chi connectivity index (χ2v) is 10.9. The van der Waals surface area contributed by atoms with E-state index in [1.54, 1.807) is 14.2 Å². The van der Waals surface area contributed by atoms with E-state index in [0.29, 0.717) is 36.9 Å². The first-order valence-corrected chi connectivity index (χ1v) is 16.4. The molecule has 0 aliphatic heterocycles. The number of nitrogens with zero attached hydrogens (tertiary/aromatic N) is 1. The van der Waals surface area contributed by atoms with E-state index >= 15 is 0 Å². The Hall–Kier alpha value is -8.32. The van der Waals surface area contributed by atoms with Crippen LogP contribution in [0.3, 0.4) is 0 Å². The molecular weight excluding hydrogens is 681 g/mol. The van der Waals surface area contributed by atoms with Crippen molar-refractivity contribution < 1.29 is 19.3 Å². The number of methoxy groups -OCH3 is 2. The number of aliphatic hydroxyl groups excluding tert-OH is 1.